The summed E-state index contributed by atoms with van der Waals surface area (Å²) in [5.74, 6) is 0.790. The van der Waals surface area contributed by atoms with Crippen molar-refractivity contribution in [1.29, 1.82) is 0 Å². The molecule has 0 saturated heterocycles. The van der Waals surface area contributed by atoms with Gasteiger partial charge >= 0.3 is 0 Å². The van der Waals surface area contributed by atoms with E-state index in [0.29, 0.717) is 24.3 Å². The van der Waals surface area contributed by atoms with Gasteiger partial charge in [0.05, 0.1) is 18.8 Å². The first-order valence-corrected chi connectivity index (χ1v) is 8.56. The van der Waals surface area contributed by atoms with Gasteiger partial charge in [0.2, 0.25) is 0 Å². The fraction of sp³-hybridized carbons (Fsp3) is 0.150. The topological polar surface area (TPSA) is 96.1 Å². The van der Waals surface area contributed by atoms with Crippen LogP contribution >= 0.6 is 0 Å². The molecule has 4 aromatic rings. The Morgan fingerprint density at radius 2 is 1.93 bits per heavy atom. The third kappa shape index (κ3) is 3.27. The first-order chi connectivity index (χ1) is 13.2. The number of ether oxygens (including phenoxy) is 1. The standard InChI is InChI=1S/C20H18N4O3/c1-27-15-4-2-3-12(9-15)7-8-21-17-18(20(26)19(17)25)23-14-5-6-16-13(10-14)11-22-24-16/h2-6,9-11,21,23H,7-8H2,1H3,(H,22,24). The molecule has 0 saturated carbocycles. The molecule has 4 rings (SSSR count). The molecule has 1 aromatic heterocycles. The number of hydrogen-bond acceptors (Lipinski definition) is 6. The molecule has 136 valence electrons. The van der Waals surface area contributed by atoms with Crippen LogP contribution in [0.2, 0.25) is 0 Å². The molecule has 0 spiro atoms. The number of nitrogens with one attached hydrogen (secondary N) is 3. The van der Waals surface area contributed by atoms with Crippen LogP contribution in [0.1, 0.15) is 5.56 Å². The number of benzene rings is 2. The molecule has 0 aliphatic rings. The number of nitrogens with zero attached hydrogens (tertiary/aromatic N) is 1. The van der Waals surface area contributed by atoms with E-state index < -0.39 is 10.9 Å². The van der Waals surface area contributed by atoms with Crippen LogP contribution in [0.5, 0.6) is 5.75 Å². The molecule has 0 radical (unpaired) electrons. The Bertz CT molecular complexity index is 1170. The molecule has 0 amide bonds. The Labute approximate surface area is 154 Å². The molecule has 1 heterocycles. The average molecular weight is 362 g/mol. The van der Waals surface area contributed by atoms with Gasteiger partial charge in [-0.2, -0.15) is 5.10 Å². The second-order valence-electron chi connectivity index (χ2n) is 6.23. The molecule has 0 fully saturated rings. The highest BCUT2D eigenvalue weighted by Gasteiger charge is 2.20. The van der Waals surface area contributed by atoms with Crippen molar-refractivity contribution in [2.75, 3.05) is 24.3 Å². The summed E-state index contributed by atoms with van der Waals surface area (Å²) in [6.07, 6.45) is 2.41. The molecule has 0 unspecified atom stereocenters. The number of methoxy groups -OCH3 is 1. The molecule has 7 heteroatoms. The third-order valence-electron chi connectivity index (χ3n) is 4.47. The van der Waals surface area contributed by atoms with Crippen molar-refractivity contribution < 1.29 is 4.74 Å². The minimum Gasteiger partial charge on any atom is -0.497 e. The quantitative estimate of drug-likeness (QED) is 0.437. The van der Waals surface area contributed by atoms with E-state index in [-0.39, 0.29) is 0 Å². The molecular weight excluding hydrogens is 344 g/mol. The monoisotopic (exact) mass is 362 g/mol. The Balaban J connectivity index is 1.45. The summed E-state index contributed by atoms with van der Waals surface area (Å²) in [7, 11) is 1.62. The van der Waals surface area contributed by atoms with Gasteiger partial charge in [-0.05, 0) is 42.3 Å². The van der Waals surface area contributed by atoms with Gasteiger partial charge in [-0.1, -0.05) is 12.1 Å². The number of rotatable bonds is 7. The molecule has 27 heavy (non-hydrogen) atoms. The highest BCUT2D eigenvalue weighted by Crippen LogP contribution is 2.23. The van der Waals surface area contributed by atoms with Gasteiger partial charge in [-0.3, -0.25) is 14.7 Å². The summed E-state index contributed by atoms with van der Waals surface area (Å²) in [6, 6.07) is 13.3. The maximum atomic E-state index is 12.0. The van der Waals surface area contributed by atoms with E-state index in [1.165, 1.54) is 0 Å². The van der Waals surface area contributed by atoms with E-state index in [1.54, 1.807) is 13.3 Å². The van der Waals surface area contributed by atoms with Crippen molar-refractivity contribution in [2.24, 2.45) is 0 Å². The smallest absolute Gasteiger partial charge is 0.253 e. The number of aromatic amines is 1. The van der Waals surface area contributed by atoms with Gasteiger partial charge in [0.25, 0.3) is 10.9 Å². The molecule has 0 bridgehead atoms. The Morgan fingerprint density at radius 1 is 1.07 bits per heavy atom. The minimum atomic E-state index is -0.508. The Kier molecular flexibility index (Phi) is 4.33. The normalized spacial score (nSPS) is 11.0. The number of fused-ring (bicyclic) bond motifs is 1. The molecule has 7 nitrogen and oxygen atoms in total. The lowest BCUT2D eigenvalue weighted by Crippen LogP contribution is -2.37. The minimum absolute atomic E-state index is 0.300. The summed E-state index contributed by atoms with van der Waals surface area (Å²) in [5, 5.41) is 13.9. The molecule has 3 aromatic carbocycles. The van der Waals surface area contributed by atoms with E-state index >= 15 is 0 Å². The first kappa shape index (κ1) is 16.8. The zero-order valence-corrected chi connectivity index (χ0v) is 14.7. The summed E-state index contributed by atoms with van der Waals surface area (Å²) in [4.78, 5) is 23.9. The van der Waals surface area contributed by atoms with Crippen LogP contribution in [-0.4, -0.2) is 23.9 Å². The predicted octanol–water partition coefficient (Wildman–Crippen LogP) is 2.57. The van der Waals surface area contributed by atoms with Crippen LogP contribution in [0.4, 0.5) is 17.1 Å². The summed E-state index contributed by atoms with van der Waals surface area (Å²) in [6.45, 7) is 0.535. The van der Waals surface area contributed by atoms with E-state index in [9.17, 15) is 9.59 Å². The molecule has 3 N–H and O–H groups in total. The largest absolute Gasteiger partial charge is 0.497 e. The lowest BCUT2D eigenvalue weighted by Gasteiger charge is -2.15. The Morgan fingerprint density at radius 3 is 2.78 bits per heavy atom. The third-order valence-corrected chi connectivity index (χ3v) is 4.47. The van der Waals surface area contributed by atoms with Crippen LogP contribution in [0.25, 0.3) is 10.9 Å². The van der Waals surface area contributed by atoms with Crippen LogP contribution in [0.15, 0.2) is 58.3 Å². The lowest BCUT2D eigenvalue weighted by molar-refractivity contribution is 0.414. The maximum absolute atomic E-state index is 12.0. The molecule has 0 atom stereocenters. The van der Waals surface area contributed by atoms with Gasteiger partial charge in [0.1, 0.15) is 17.1 Å². The fourth-order valence-corrected chi connectivity index (χ4v) is 3.00. The highest BCUT2D eigenvalue weighted by atomic mass is 16.5. The predicted molar refractivity (Wildman–Crippen MR) is 106 cm³/mol. The van der Waals surface area contributed by atoms with Gasteiger partial charge < -0.3 is 15.4 Å². The SMILES string of the molecule is COc1cccc(CCNc2c(Nc3ccc4[nH]ncc4c3)c(=O)c2=O)c1. The average Bonchev–Trinajstić information content (AvgIpc) is 3.17. The maximum Gasteiger partial charge on any atom is 0.253 e. The number of anilines is 3. The summed E-state index contributed by atoms with van der Waals surface area (Å²) >= 11 is 0. The number of aromatic nitrogens is 2. The highest BCUT2D eigenvalue weighted by molar-refractivity contribution is 5.85. The molecule has 0 aliphatic heterocycles. The van der Waals surface area contributed by atoms with Gasteiger partial charge in [-0.15, -0.1) is 0 Å². The first-order valence-electron chi connectivity index (χ1n) is 8.56. The van der Waals surface area contributed by atoms with Crippen molar-refractivity contribution in [3.8, 4) is 5.75 Å². The van der Waals surface area contributed by atoms with Gasteiger partial charge in [0, 0.05) is 17.6 Å². The van der Waals surface area contributed by atoms with Crippen LogP contribution in [-0.2, 0) is 6.42 Å². The van der Waals surface area contributed by atoms with Crippen LogP contribution in [0, 0.1) is 0 Å². The van der Waals surface area contributed by atoms with E-state index in [0.717, 1.165) is 27.9 Å². The second-order valence-corrected chi connectivity index (χ2v) is 6.23. The van der Waals surface area contributed by atoms with E-state index in [1.807, 2.05) is 42.5 Å². The summed E-state index contributed by atoms with van der Waals surface area (Å²) < 4.78 is 5.21. The van der Waals surface area contributed by atoms with E-state index in [4.69, 9.17) is 4.74 Å². The lowest BCUT2D eigenvalue weighted by atomic mass is 10.1. The Hall–Kier alpha value is -3.61. The van der Waals surface area contributed by atoms with Crippen molar-refractivity contribution in [2.45, 2.75) is 6.42 Å². The zero-order valence-electron chi connectivity index (χ0n) is 14.7. The van der Waals surface area contributed by atoms with Crippen LogP contribution in [0.3, 0.4) is 0 Å². The van der Waals surface area contributed by atoms with Crippen molar-refractivity contribution >= 4 is 28.0 Å². The van der Waals surface area contributed by atoms with Gasteiger partial charge in [-0.25, -0.2) is 0 Å². The van der Waals surface area contributed by atoms with Crippen molar-refractivity contribution in [1.82, 2.24) is 10.2 Å². The van der Waals surface area contributed by atoms with Crippen molar-refractivity contribution in [3.63, 3.8) is 0 Å². The van der Waals surface area contributed by atoms with Crippen molar-refractivity contribution in [3.05, 3.63) is 74.7 Å². The molecule has 0 aliphatic carbocycles. The second kappa shape index (κ2) is 6.95. The van der Waals surface area contributed by atoms with Gasteiger partial charge in [0.15, 0.2) is 0 Å². The zero-order chi connectivity index (χ0) is 18.8. The number of H-pyrrole nitrogens is 1. The summed E-state index contributed by atoms with van der Waals surface area (Å²) in [5.41, 5.74) is 2.34. The molecular formula is C20H18N4O3. The number of hydrogen-bond donors (Lipinski definition) is 3. The van der Waals surface area contributed by atoms with E-state index in [2.05, 4.69) is 20.8 Å². The van der Waals surface area contributed by atoms with Crippen LogP contribution < -0.4 is 26.2 Å². The fourth-order valence-electron chi connectivity index (χ4n) is 3.00.